The van der Waals surface area contributed by atoms with Crippen LogP contribution in [0.2, 0.25) is 0 Å². The summed E-state index contributed by atoms with van der Waals surface area (Å²) in [6, 6.07) is 12.0. The minimum Gasteiger partial charge on any atom is -0.496 e. The number of nitrogens with zero attached hydrogens (tertiary/aromatic N) is 1. The molecule has 8 heteroatoms. The Kier molecular flexibility index (Phi) is 9.84. The van der Waals surface area contributed by atoms with E-state index >= 15 is 0 Å². The van der Waals surface area contributed by atoms with Crippen LogP contribution >= 0.6 is 15.9 Å². The molecule has 2 amide bonds. The molecular formula is C24H31BrN2O5. The van der Waals surface area contributed by atoms with Crippen molar-refractivity contribution in [2.45, 2.75) is 33.4 Å². The second-order valence-corrected chi connectivity index (χ2v) is 8.72. The maximum atomic E-state index is 13.1. The maximum Gasteiger partial charge on any atom is 0.261 e. The first kappa shape index (κ1) is 25.5. The average Bonchev–Trinajstić information content (AvgIpc) is 2.78. The SMILES string of the molecule is COc1cc(OC)cc(OCC(=O)N(Cc2cccc(Br)c2)[C@H](C)C(=O)NCC(C)C)c1. The number of carbonyl (C=O) groups is 2. The summed E-state index contributed by atoms with van der Waals surface area (Å²) >= 11 is 3.45. The monoisotopic (exact) mass is 506 g/mol. The van der Waals surface area contributed by atoms with E-state index in [9.17, 15) is 9.59 Å². The number of methoxy groups -OCH3 is 2. The van der Waals surface area contributed by atoms with Crippen molar-refractivity contribution in [3.05, 3.63) is 52.5 Å². The Bertz CT molecular complexity index is 897. The third kappa shape index (κ3) is 7.75. The van der Waals surface area contributed by atoms with E-state index in [1.807, 2.05) is 38.1 Å². The number of amides is 2. The third-order valence-corrected chi connectivity index (χ3v) is 5.27. The van der Waals surface area contributed by atoms with Crippen LogP contribution in [0.4, 0.5) is 0 Å². The zero-order valence-electron chi connectivity index (χ0n) is 19.2. The summed E-state index contributed by atoms with van der Waals surface area (Å²) in [4.78, 5) is 27.4. The zero-order valence-corrected chi connectivity index (χ0v) is 20.8. The summed E-state index contributed by atoms with van der Waals surface area (Å²) < 4.78 is 17.1. The van der Waals surface area contributed by atoms with Crippen molar-refractivity contribution in [2.24, 2.45) is 5.92 Å². The fourth-order valence-corrected chi connectivity index (χ4v) is 3.41. The van der Waals surface area contributed by atoms with Crippen LogP contribution in [0, 0.1) is 5.92 Å². The molecule has 1 N–H and O–H groups in total. The molecule has 2 aromatic rings. The predicted molar refractivity (Wildman–Crippen MR) is 127 cm³/mol. The van der Waals surface area contributed by atoms with E-state index < -0.39 is 6.04 Å². The Balaban J connectivity index is 2.18. The Morgan fingerprint density at radius 1 is 1.00 bits per heavy atom. The lowest BCUT2D eigenvalue weighted by molar-refractivity contribution is -0.142. The number of halogens is 1. The molecule has 2 aromatic carbocycles. The van der Waals surface area contributed by atoms with Gasteiger partial charge >= 0.3 is 0 Å². The molecule has 0 aromatic heterocycles. The van der Waals surface area contributed by atoms with E-state index in [1.54, 1.807) is 39.3 Å². The van der Waals surface area contributed by atoms with Crippen molar-refractivity contribution in [1.82, 2.24) is 10.2 Å². The topological polar surface area (TPSA) is 77.1 Å². The first-order chi connectivity index (χ1) is 15.2. The number of hydrogen-bond acceptors (Lipinski definition) is 5. The highest BCUT2D eigenvalue weighted by Crippen LogP contribution is 2.27. The van der Waals surface area contributed by atoms with Gasteiger partial charge < -0.3 is 24.4 Å². The fourth-order valence-electron chi connectivity index (χ4n) is 2.96. The normalized spacial score (nSPS) is 11.6. The third-order valence-electron chi connectivity index (χ3n) is 4.78. The molecule has 0 saturated carbocycles. The Morgan fingerprint density at radius 3 is 2.19 bits per heavy atom. The van der Waals surface area contributed by atoms with E-state index in [0.29, 0.717) is 29.7 Å². The summed E-state index contributed by atoms with van der Waals surface area (Å²) in [5, 5.41) is 2.90. The number of ether oxygens (including phenoxy) is 3. The van der Waals surface area contributed by atoms with Crippen molar-refractivity contribution in [3.63, 3.8) is 0 Å². The molecule has 0 unspecified atom stereocenters. The number of nitrogens with one attached hydrogen (secondary N) is 1. The van der Waals surface area contributed by atoms with Gasteiger partial charge in [0, 0.05) is 35.8 Å². The van der Waals surface area contributed by atoms with Crippen LogP contribution in [0.3, 0.4) is 0 Å². The molecule has 0 radical (unpaired) electrons. The average molecular weight is 507 g/mol. The summed E-state index contributed by atoms with van der Waals surface area (Å²) in [6.07, 6.45) is 0. The van der Waals surface area contributed by atoms with E-state index in [4.69, 9.17) is 14.2 Å². The van der Waals surface area contributed by atoms with Gasteiger partial charge in [-0.25, -0.2) is 0 Å². The smallest absolute Gasteiger partial charge is 0.261 e. The lowest BCUT2D eigenvalue weighted by Gasteiger charge is -2.29. The van der Waals surface area contributed by atoms with Gasteiger partial charge in [0.15, 0.2) is 6.61 Å². The number of rotatable bonds is 11. The van der Waals surface area contributed by atoms with Gasteiger partial charge in [-0.1, -0.05) is 41.9 Å². The first-order valence-electron chi connectivity index (χ1n) is 10.4. The molecular weight excluding hydrogens is 476 g/mol. The fraction of sp³-hybridized carbons (Fsp3) is 0.417. The van der Waals surface area contributed by atoms with Crippen LogP contribution in [0.1, 0.15) is 26.3 Å². The standard InChI is InChI=1S/C24H31BrN2O5/c1-16(2)13-26-24(29)17(3)27(14-18-7-6-8-19(25)9-18)23(28)15-32-22-11-20(30-4)10-21(12-22)31-5/h6-12,16-17H,13-15H2,1-5H3,(H,26,29)/t17-/m1/s1. The van der Waals surface area contributed by atoms with Gasteiger partial charge in [-0.3, -0.25) is 9.59 Å². The quantitative estimate of drug-likeness (QED) is 0.497. The minimum absolute atomic E-state index is 0.204. The largest absolute Gasteiger partial charge is 0.496 e. The van der Waals surface area contributed by atoms with E-state index in [0.717, 1.165) is 10.0 Å². The highest BCUT2D eigenvalue weighted by molar-refractivity contribution is 9.10. The second kappa shape index (κ2) is 12.3. The van der Waals surface area contributed by atoms with Crippen LogP contribution in [-0.4, -0.2) is 50.1 Å². The Labute approximate surface area is 198 Å². The maximum absolute atomic E-state index is 13.1. The van der Waals surface area contributed by atoms with Crippen molar-refractivity contribution in [2.75, 3.05) is 27.4 Å². The van der Waals surface area contributed by atoms with Crippen molar-refractivity contribution >= 4 is 27.7 Å². The molecule has 0 aliphatic rings. The lowest BCUT2D eigenvalue weighted by atomic mass is 10.1. The molecule has 0 bridgehead atoms. The van der Waals surface area contributed by atoms with Gasteiger partial charge in [-0.2, -0.15) is 0 Å². The van der Waals surface area contributed by atoms with E-state index in [1.165, 1.54) is 4.90 Å². The van der Waals surface area contributed by atoms with Gasteiger partial charge in [0.25, 0.3) is 5.91 Å². The highest BCUT2D eigenvalue weighted by atomic mass is 79.9. The van der Waals surface area contributed by atoms with Crippen LogP contribution < -0.4 is 19.5 Å². The van der Waals surface area contributed by atoms with Crippen LogP contribution in [0.5, 0.6) is 17.2 Å². The Hall–Kier alpha value is -2.74. The molecule has 174 valence electrons. The predicted octanol–water partition coefficient (Wildman–Crippen LogP) is 4.03. The number of benzene rings is 2. The van der Waals surface area contributed by atoms with E-state index in [-0.39, 0.29) is 25.0 Å². The van der Waals surface area contributed by atoms with Crippen molar-refractivity contribution < 1.29 is 23.8 Å². The zero-order chi connectivity index (χ0) is 23.7. The molecule has 0 heterocycles. The molecule has 2 rings (SSSR count). The summed E-state index contributed by atoms with van der Waals surface area (Å²) in [6.45, 7) is 6.35. The molecule has 0 saturated heterocycles. The minimum atomic E-state index is -0.663. The Morgan fingerprint density at radius 2 is 1.62 bits per heavy atom. The van der Waals surface area contributed by atoms with Gasteiger partial charge in [0.1, 0.15) is 23.3 Å². The van der Waals surface area contributed by atoms with Crippen LogP contribution in [0.15, 0.2) is 46.9 Å². The molecule has 0 aliphatic carbocycles. The van der Waals surface area contributed by atoms with Gasteiger partial charge in [0.05, 0.1) is 14.2 Å². The summed E-state index contributed by atoms with van der Waals surface area (Å²) in [5.41, 5.74) is 0.902. The van der Waals surface area contributed by atoms with Crippen LogP contribution in [-0.2, 0) is 16.1 Å². The van der Waals surface area contributed by atoms with E-state index in [2.05, 4.69) is 21.2 Å². The number of hydrogen-bond donors (Lipinski definition) is 1. The summed E-state index contributed by atoms with van der Waals surface area (Å²) in [5.74, 6) is 1.35. The molecule has 32 heavy (non-hydrogen) atoms. The van der Waals surface area contributed by atoms with Crippen molar-refractivity contribution in [1.29, 1.82) is 0 Å². The van der Waals surface area contributed by atoms with Gasteiger partial charge in [-0.15, -0.1) is 0 Å². The molecule has 0 fully saturated rings. The number of carbonyl (C=O) groups excluding carboxylic acids is 2. The molecule has 1 atom stereocenters. The molecule has 7 nitrogen and oxygen atoms in total. The van der Waals surface area contributed by atoms with Gasteiger partial charge in [0.2, 0.25) is 5.91 Å². The van der Waals surface area contributed by atoms with Gasteiger partial charge in [-0.05, 0) is 30.5 Å². The van der Waals surface area contributed by atoms with Crippen LogP contribution in [0.25, 0.3) is 0 Å². The second-order valence-electron chi connectivity index (χ2n) is 7.80. The molecule has 0 spiro atoms. The summed E-state index contributed by atoms with van der Waals surface area (Å²) in [7, 11) is 3.09. The lowest BCUT2D eigenvalue weighted by Crippen LogP contribution is -2.49. The van der Waals surface area contributed by atoms with Crippen molar-refractivity contribution in [3.8, 4) is 17.2 Å². The highest BCUT2D eigenvalue weighted by Gasteiger charge is 2.26. The molecule has 0 aliphatic heterocycles. The first-order valence-corrected chi connectivity index (χ1v) is 11.2.